The number of carbonyl (C=O) groups is 1. The molecule has 0 fully saturated rings. The minimum Gasteiger partial charge on any atom is -0.478 e. The Hall–Kier alpha value is -2.03. The van der Waals surface area contributed by atoms with Gasteiger partial charge in [-0.3, -0.25) is 0 Å². The van der Waals surface area contributed by atoms with Gasteiger partial charge in [-0.05, 0) is 25.1 Å². The summed E-state index contributed by atoms with van der Waals surface area (Å²) >= 11 is 0. The number of carboxylic acid groups (broad SMARTS) is 1. The van der Waals surface area contributed by atoms with Crippen molar-refractivity contribution in [3.8, 4) is 0 Å². The molecule has 0 saturated heterocycles. The minimum atomic E-state index is -5.52. The van der Waals surface area contributed by atoms with Crippen LogP contribution < -0.4 is 0 Å². The molecule has 0 bridgehead atoms. The van der Waals surface area contributed by atoms with E-state index in [1.165, 1.54) is 11.5 Å². The molecule has 21 heavy (non-hydrogen) atoms. The summed E-state index contributed by atoms with van der Waals surface area (Å²) in [6.07, 6.45) is 0. The van der Waals surface area contributed by atoms with Crippen molar-refractivity contribution in [1.82, 2.24) is 4.57 Å². The fourth-order valence-corrected chi connectivity index (χ4v) is 2.91. The molecule has 2 aromatic rings. The van der Waals surface area contributed by atoms with Crippen LogP contribution in [0.2, 0.25) is 0 Å². The number of hydrogen-bond acceptors (Lipinski definition) is 3. The highest BCUT2D eigenvalue weighted by atomic mass is 32.2. The van der Waals surface area contributed by atoms with Crippen molar-refractivity contribution in [3.63, 3.8) is 0 Å². The lowest BCUT2D eigenvalue weighted by Gasteiger charge is -2.08. The topological polar surface area (TPSA) is 76.4 Å². The van der Waals surface area contributed by atoms with E-state index >= 15 is 0 Å². The zero-order valence-electron chi connectivity index (χ0n) is 10.9. The lowest BCUT2D eigenvalue weighted by molar-refractivity contribution is -0.0435. The van der Waals surface area contributed by atoms with Crippen molar-refractivity contribution < 1.29 is 31.5 Å². The number of rotatable bonds is 2. The summed E-state index contributed by atoms with van der Waals surface area (Å²) in [6.45, 7) is 1.49. The molecule has 1 heterocycles. The first kappa shape index (κ1) is 15.4. The molecule has 2 rings (SSSR count). The molecule has 0 saturated carbocycles. The monoisotopic (exact) mass is 321 g/mol. The first-order valence-corrected chi connectivity index (χ1v) is 7.10. The van der Waals surface area contributed by atoms with E-state index in [9.17, 15) is 26.4 Å². The lowest BCUT2D eigenvalue weighted by atomic mass is 10.1. The smallest absolute Gasteiger partial charge is 0.478 e. The van der Waals surface area contributed by atoms with Gasteiger partial charge < -0.3 is 9.67 Å². The molecule has 0 aliphatic carbocycles. The Morgan fingerprint density at radius 2 is 1.86 bits per heavy atom. The van der Waals surface area contributed by atoms with Gasteiger partial charge in [0.1, 0.15) is 0 Å². The molecule has 0 amide bonds. The van der Waals surface area contributed by atoms with Crippen LogP contribution in [0.5, 0.6) is 0 Å². The van der Waals surface area contributed by atoms with Crippen molar-refractivity contribution in [2.75, 3.05) is 0 Å². The molecule has 0 spiro atoms. The molecule has 5 nitrogen and oxygen atoms in total. The molecular weight excluding hydrogens is 311 g/mol. The van der Waals surface area contributed by atoms with E-state index in [4.69, 9.17) is 5.11 Å². The normalized spacial score (nSPS) is 12.8. The van der Waals surface area contributed by atoms with Gasteiger partial charge in [-0.15, -0.1) is 0 Å². The zero-order valence-corrected chi connectivity index (χ0v) is 11.7. The summed E-state index contributed by atoms with van der Waals surface area (Å²) < 4.78 is 61.9. The van der Waals surface area contributed by atoms with Crippen LogP contribution in [-0.4, -0.2) is 29.6 Å². The Bertz CT molecular complexity index is 849. The van der Waals surface area contributed by atoms with E-state index < -0.39 is 26.2 Å². The highest BCUT2D eigenvalue weighted by molar-refractivity contribution is 7.92. The second-order valence-electron chi connectivity index (χ2n) is 4.45. The highest BCUT2D eigenvalue weighted by Gasteiger charge is 2.47. The molecule has 114 valence electrons. The highest BCUT2D eigenvalue weighted by Crippen LogP contribution is 2.33. The minimum absolute atomic E-state index is 0.0483. The molecule has 0 unspecified atom stereocenters. The summed E-state index contributed by atoms with van der Waals surface area (Å²) in [5.74, 6) is -1.33. The van der Waals surface area contributed by atoms with Crippen molar-refractivity contribution in [2.24, 2.45) is 7.05 Å². The Morgan fingerprint density at radius 1 is 1.29 bits per heavy atom. The number of carboxylic acids is 1. The number of sulfone groups is 1. The fourth-order valence-electron chi connectivity index (χ4n) is 2.12. The third kappa shape index (κ3) is 2.17. The summed E-state index contributed by atoms with van der Waals surface area (Å²) in [4.78, 5) is 10.2. The average Bonchev–Trinajstić information content (AvgIpc) is 2.60. The second-order valence-corrected chi connectivity index (χ2v) is 6.39. The maximum atomic E-state index is 12.6. The van der Waals surface area contributed by atoms with E-state index in [2.05, 4.69) is 0 Å². The number of alkyl halides is 3. The van der Waals surface area contributed by atoms with E-state index in [0.717, 1.165) is 18.2 Å². The van der Waals surface area contributed by atoms with Gasteiger partial charge >= 0.3 is 11.5 Å². The maximum Gasteiger partial charge on any atom is 0.501 e. The second kappa shape index (κ2) is 4.48. The summed E-state index contributed by atoms with van der Waals surface area (Å²) in [7, 11) is -3.97. The predicted molar refractivity (Wildman–Crippen MR) is 67.9 cm³/mol. The lowest BCUT2D eigenvalue weighted by Crippen LogP contribution is -2.23. The van der Waals surface area contributed by atoms with Crippen molar-refractivity contribution in [3.05, 3.63) is 29.5 Å². The predicted octanol–water partition coefficient (Wildman–Crippen LogP) is 2.48. The van der Waals surface area contributed by atoms with Crippen LogP contribution in [0.15, 0.2) is 23.1 Å². The molecule has 0 aliphatic heterocycles. The summed E-state index contributed by atoms with van der Waals surface area (Å²) in [5, 5.41) is 9.10. The number of nitrogens with zero attached hydrogens (tertiary/aromatic N) is 1. The van der Waals surface area contributed by atoms with Crippen LogP contribution in [-0.2, 0) is 16.9 Å². The molecule has 1 aromatic heterocycles. The van der Waals surface area contributed by atoms with Gasteiger partial charge in [0.15, 0.2) is 0 Å². The van der Waals surface area contributed by atoms with E-state index in [1.54, 1.807) is 7.05 Å². The van der Waals surface area contributed by atoms with Gasteiger partial charge in [-0.1, -0.05) is 0 Å². The number of aromatic nitrogens is 1. The first-order chi connectivity index (χ1) is 9.48. The van der Waals surface area contributed by atoms with Crippen molar-refractivity contribution in [1.29, 1.82) is 0 Å². The van der Waals surface area contributed by atoms with Gasteiger partial charge in [0.2, 0.25) is 0 Å². The Labute approximate surface area is 117 Å². The quantitative estimate of drug-likeness (QED) is 0.922. The van der Waals surface area contributed by atoms with Gasteiger partial charge in [0.25, 0.3) is 9.84 Å². The standard InChI is InChI=1S/C12H10F3NO4S/c1-6-10(11(17)18)8-5-7(3-4-9(8)16(6)2)21(19,20)12(13,14)15/h3-5H,1-2H3,(H,17,18). The number of halogens is 3. The Morgan fingerprint density at radius 3 is 2.33 bits per heavy atom. The molecule has 0 atom stereocenters. The molecule has 0 aliphatic rings. The molecule has 0 radical (unpaired) electrons. The van der Waals surface area contributed by atoms with Gasteiger partial charge in [-0.25, -0.2) is 13.2 Å². The van der Waals surface area contributed by atoms with Gasteiger partial charge in [0.05, 0.1) is 10.5 Å². The number of benzene rings is 1. The van der Waals surface area contributed by atoms with E-state index in [1.807, 2.05) is 0 Å². The zero-order chi connectivity index (χ0) is 16.2. The van der Waals surface area contributed by atoms with Crippen molar-refractivity contribution >= 4 is 26.7 Å². The third-order valence-electron chi connectivity index (χ3n) is 3.29. The van der Waals surface area contributed by atoms with Gasteiger partial charge in [0, 0.05) is 23.6 Å². The maximum absolute atomic E-state index is 12.6. The van der Waals surface area contributed by atoms with Crippen LogP contribution in [0.1, 0.15) is 16.1 Å². The number of fused-ring (bicyclic) bond motifs is 1. The van der Waals surface area contributed by atoms with Crippen LogP contribution in [0.3, 0.4) is 0 Å². The Balaban J connectivity index is 2.85. The van der Waals surface area contributed by atoms with Crippen LogP contribution >= 0.6 is 0 Å². The molecule has 1 N–H and O–H groups in total. The SMILES string of the molecule is Cc1c(C(=O)O)c2cc(S(=O)(=O)C(F)(F)F)ccc2n1C. The summed E-state index contributed by atoms with van der Waals surface area (Å²) in [6, 6.07) is 2.72. The summed E-state index contributed by atoms with van der Waals surface area (Å²) in [5.41, 5.74) is -5.00. The number of aryl methyl sites for hydroxylation is 1. The van der Waals surface area contributed by atoms with Gasteiger partial charge in [-0.2, -0.15) is 13.2 Å². The van der Waals surface area contributed by atoms with Crippen LogP contribution in [0.25, 0.3) is 10.9 Å². The van der Waals surface area contributed by atoms with Crippen LogP contribution in [0.4, 0.5) is 13.2 Å². The van der Waals surface area contributed by atoms with Crippen LogP contribution in [0, 0.1) is 6.92 Å². The number of hydrogen-bond donors (Lipinski definition) is 1. The largest absolute Gasteiger partial charge is 0.501 e. The first-order valence-electron chi connectivity index (χ1n) is 5.62. The average molecular weight is 321 g/mol. The van der Waals surface area contributed by atoms with Crippen molar-refractivity contribution in [2.45, 2.75) is 17.3 Å². The van der Waals surface area contributed by atoms with E-state index in [-0.39, 0.29) is 10.9 Å². The number of aromatic carboxylic acids is 1. The Kier molecular flexibility index (Phi) is 3.28. The molecular formula is C12H10F3NO4S. The fraction of sp³-hybridized carbons (Fsp3) is 0.250. The molecule has 1 aromatic carbocycles. The third-order valence-corrected chi connectivity index (χ3v) is 4.78. The van der Waals surface area contributed by atoms with E-state index in [0.29, 0.717) is 11.2 Å². The molecule has 9 heteroatoms.